The summed E-state index contributed by atoms with van der Waals surface area (Å²) in [5.41, 5.74) is -1.42. The van der Waals surface area contributed by atoms with E-state index in [1.165, 1.54) is 0 Å². The summed E-state index contributed by atoms with van der Waals surface area (Å²) in [5.74, 6) is 0.493. The van der Waals surface area contributed by atoms with E-state index < -0.39 is 11.8 Å². The third-order valence-corrected chi connectivity index (χ3v) is 3.04. The van der Waals surface area contributed by atoms with Crippen LogP contribution in [0.3, 0.4) is 0 Å². The Morgan fingerprint density at radius 3 is 2.10 bits per heavy atom. The van der Waals surface area contributed by atoms with Crippen molar-refractivity contribution in [1.29, 1.82) is 0 Å². The first kappa shape index (κ1) is 6.56. The highest BCUT2D eigenvalue weighted by Crippen LogP contribution is 2.47. The van der Waals surface area contributed by atoms with Gasteiger partial charge in [-0.25, -0.2) is 8.78 Å². The standard InChI is InChI=1S/C8H12F2/c9-7-5-6-1-3-8(7,10)4-2-6/h6-7H,1-5H2. The summed E-state index contributed by atoms with van der Waals surface area (Å²) in [6, 6.07) is 0. The molecule has 0 saturated heterocycles. The fourth-order valence-corrected chi connectivity index (χ4v) is 2.21. The van der Waals surface area contributed by atoms with E-state index in [-0.39, 0.29) is 0 Å². The first-order valence-electron chi connectivity index (χ1n) is 4.04. The maximum atomic E-state index is 13.4. The minimum atomic E-state index is -1.42. The Morgan fingerprint density at radius 1 is 1.20 bits per heavy atom. The first-order valence-corrected chi connectivity index (χ1v) is 4.04. The highest BCUT2D eigenvalue weighted by Gasteiger charge is 2.48. The summed E-state index contributed by atoms with van der Waals surface area (Å²) in [7, 11) is 0. The third kappa shape index (κ3) is 0.774. The molecule has 0 aromatic carbocycles. The zero-order valence-corrected chi connectivity index (χ0v) is 5.95. The van der Waals surface area contributed by atoms with Gasteiger partial charge in [0.25, 0.3) is 0 Å². The highest BCUT2D eigenvalue weighted by molar-refractivity contribution is 4.98. The molecule has 0 N–H and O–H groups in total. The van der Waals surface area contributed by atoms with Crippen LogP contribution in [0.5, 0.6) is 0 Å². The molecular formula is C8H12F2. The van der Waals surface area contributed by atoms with E-state index in [1.54, 1.807) is 0 Å². The molecule has 3 aliphatic rings. The Kier molecular flexibility index (Phi) is 1.26. The van der Waals surface area contributed by atoms with E-state index in [1.807, 2.05) is 0 Å². The molecule has 3 saturated carbocycles. The predicted octanol–water partition coefficient (Wildman–Crippen LogP) is 2.63. The van der Waals surface area contributed by atoms with E-state index in [0.29, 0.717) is 25.2 Å². The van der Waals surface area contributed by atoms with Gasteiger partial charge in [-0.1, -0.05) is 0 Å². The molecule has 0 radical (unpaired) electrons. The van der Waals surface area contributed by atoms with Crippen LogP contribution in [0.15, 0.2) is 0 Å². The lowest BCUT2D eigenvalue weighted by Gasteiger charge is -2.43. The van der Waals surface area contributed by atoms with E-state index in [0.717, 1.165) is 12.8 Å². The van der Waals surface area contributed by atoms with Gasteiger partial charge in [-0.2, -0.15) is 0 Å². The largest absolute Gasteiger partial charge is 0.244 e. The molecule has 10 heavy (non-hydrogen) atoms. The summed E-state index contributed by atoms with van der Waals surface area (Å²) in [6.07, 6.45) is 2.10. The molecule has 0 aromatic rings. The van der Waals surface area contributed by atoms with E-state index in [4.69, 9.17) is 0 Å². The quantitative estimate of drug-likeness (QED) is 0.492. The minimum absolute atomic E-state index is 0.471. The van der Waals surface area contributed by atoms with Crippen molar-refractivity contribution in [2.45, 2.75) is 43.9 Å². The van der Waals surface area contributed by atoms with Crippen molar-refractivity contribution >= 4 is 0 Å². The van der Waals surface area contributed by atoms with E-state index in [2.05, 4.69) is 0 Å². The summed E-state index contributed by atoms with van der Waals surface area (Å²) < 4.78 is 26.2. The van der Waals surface area contributed by atoms with Crippen molar-refractivity contribution < 1.29 is 8.78 Å². The van der Waals surface area contributed by atoms with Gasteiger partial charge >= 0.3 is 0 Å². The summed E-state index contributed by atoms with van der Waals surface area (Å²) >= 11 is 0. The Bertz CT molecular complexity index is 136. The molecule has 2 heteroatoms. The number of fused-ring (bicyclic) bond motifs is 3. The molecule has 0 aromatic heterocycles. The third-order valence-electron chi connectivity index (χ3n) is 3.04. The zero-order valence-electron chi connectivity index (χ0n) is 5.95. The molecular weight excluding hydrogens is 134 g/mol. The van der Waals surface area contributed by atoms with Crippen LogP contribution in [0.1, 0.15) is 32.1 Å². The van der Waals surface area contributed by atoms with Crippen LogP contribution >= 0.6 is 0 Å². The second kappa shape index (κ2) is 1.93. The molecule has 3 fully saturated rings. The summed E-state index contributed by atoms with van der Waals surface area (Å²) in [5, 5.41) is 0. The van der Waals surface area contributed by atoms with Gasteiger partial charge in [0.2, 0.25) is 0 Å². The van der Waals surface area contributed by atoms with Gasteiger partial charge in [0.05, 0.1) is 0 Å². The average Bonchev–Trinajstić information content (AvgIpc) is 1.92. The van der Waals surface area contributed by atoms with Gasteiger partial charge in [0.1, 0.15) is 11.8 Å². The summed E-state index contributed by atoms with van der Waals surface area (Å²) in [4.78, 5) is 0. The second-order valence-electron chi connectivity index (χ2n) is 3.68. The van der Waals surface area contributed by atoms with Crippen molar-refractivity contribution in [3.63, 3.8) is 0 Å². The van der Waals surface area contributed by atoms with Gasteiger partial charge in [-0.05, 0) is 38.0 Å². The molecule has 0 spiro atoms. The Morgan fingerprint density at radius 2 is 1.80 bits per heavy atom. The molecule has 1 atom stereocenters. The second-order valence-corrected chi connectivity index (χ2v) is 3.68. The lowest BCUT2D eigenvalue weighted by Crippen LogP contribution is -2.45. The van der Waals surface area contributed by atoms with Crippen molar-refractivity contribution in [3.05, 3.63) is 0 Å². The zero-order chi connectivity index (χ0) is 7.19. The van der Waals surface area contributed by atoms with E-state index >= 15 is 0 Å². The average molecular weight is 146 g/mol. The molecule has 0 heterocycles. The van der Waals surface area contributed by atoms with Gasteiger partial charge in [-0.3, -0.25) is 0 Å². The number of hydrogen-bond acceptors (Lipinski definition) is 0. The predicted molar refractivity (Wildman–Crippen MR) is 35.3 cm³/mol. The molecule has 3 rings (SSSR count). The molecule has 1 unspecified atom stereocenters. The first-order chi connectivity index (χ1) is 4.71. The topological polar surface area (TPSA) is 0 Å². The number of hydrogen-bond donors (Lipinski definition) is 0. The molecule has 0 amide bonds. The van der Waals surface area contributed by atoms with Gasteiger partial charge in [0, 0.05) is 0 Å². The monoisotopic (exact) mass is 146 g/mol. The van der Waals surface area contributed by atoms with Crippen molar-refractivity contribution in [2.24, 2.45) is 5.92 Å². The van der Waals surface area contributed by atoms with Crippen LogP contribution in [0.2, 0.25) is 0 Å². The smallest absolute Gasteiger partial charge is 0.142 e. The van der Waals surface area contributed by atoms with Crippen LogP contribution < -0.4 is 0 Å². The molecule has 3 aliphatic carbocycles. The van der Waals surface area contributed by atoms with Crippen LogP contribution in [0.4, 0.5) is 8.78 Å². The van der Waals surface area contributed by atoms with Crippen LogP contribution in [-0.4, -0.2) is 11.8 Å². The van der Waals surface area contributed by atoms with Gasteiger partial charge in [0.15, 0.2) is 0 Å². The number of rotatable bonds is 0. The van der Waals surface area contributed by atoms with Crippen LogP contribution in [0, 0.1) is 5.92 Å². The lowest BCUT2D eigenvalue weighted by atomic mass is 9.68. The van der Waals surface area contributed by atoms with E-state index in [9.17, 15) is 8.78 Å². The Labute approximate surface area is 59.6 Å². The maximum absolute atomic E-state index is 13.4. The van der Waals surface area contributed by atoms with Gasteiger partial charge in [-0.15, -0.1) is 0 Å². The van der Waals surface area contributed by atoms with Crippen LogP contribution in [-0.2, 0) is 0 Å². The summed E-state index contributed by atoms with van der Waals surface area (Å²) in [6.45, 7) is 0. The van der Waals surface area contributed by atoms with Crippen LogP contribution in [0.25, 0.3) is 0 Å². The van der Waals surface area contributed by atoms with Crippen molar-refractivity contribution in [2.75, 3.05) is 0 Å². The number of halogens is 2. The highest BCUT2D eigenvalue weighted by atomic mass is 19.2. The maximum Gasteiger partial charge on any atom is 0.142 e. The normalized spacial score (nSPS) is 53.4. The lowest BCUT2D eigenvalue weighted by molar-refractivity contribution is -0.0539. The van der Waals surface area contributed by atoms with Gasteiger partial charge < -0.3 is 0 Å². The molecule has 0 aliphatic heterocycles. The SMILES string of the molecule is FC1CC2CCC1(F)CC2. The number of alkyl halides is 2. The molecule has 0 nitrogen and oxygen atoms in total. The minimum Gasteiger partial charge on any atom is -0.244 e. The van der Waals surface area contributed by atoms with Crippen molar-refractivity contribution in [1.82, 2.24) is 0 Å². The fourth-order valence-electron chi connectivity index (χ4n) is 2.21. The Hall–Kier alpha value is -0.140. The fraction of sp³-hybridized carbons (Fsp3) is 1.00. The molecule has 58 valence electrons. The Balaban J connectivity index is 2.17. The molecule has 2 bridgehead atoms. The van der Waals surface area contributed by atoms with Crippen molar-refractivity contribution in [3.8, 4) is 0 Å².